The van der Waals surface area contributed by atoms with Gasteiger partial charge in [0.15, 0.2) is 5.96 Å². The van der Waals surface area contributed by atoms with Crippen LogP contribution in [-0.4, -0.2) is 105 Å². The minimum atomic E-state index is -1.70. The summed E-state index contributed by atoms with van der Waals surface area (Å²) >= 11 is 3.87. The minimum absolute atomic E-state index is 0.0534. The first-order chi connectivity index (χ1) is 19.0. The second-order valence-corrected chi connectivity index (χ2v) is 10.1. The molecule has 0 heterocycles. The molecule has 0 aliphatic rings. The lowest BCUT2D eigenvalue weighted by Crippen LogP contribution is -2.61. The Bertz CT molecular complexity index is 959. The summed E-state index contributed by atoms with van der Waals surface area (Å²) < 4.78 is 0. The van der Waals surface area contributed by atoms with E-state index in [1.807, 2.05) is 0 Å². The van der Waals surface area contributed by atoms with Gasteiger partial charge in [-0.15, -0.1) is 0 Å². The summed E-state index contributed by atoms with van der Waals surface area (Å²) in [6.07, 6.45) is -2.18. The van der Waals surface area contributed by atoms with Gasteiger partial charge >= 0.3 is 11.9 Å². The lowest BCUT2D eigenvalue weighted by molar-refractivity contribution is -0.143. The average Bonchev–Trinajstić information content (AvgIpc) is 2.86. The normalized spacial score (nSPS) is 15.3. The molecular weight excluding hydrogens is 564 g/mol. The van der Waals surface area contributed by atoms with Gasteiger partial charge in [-0.3, -0.25) is 29.0 Å². The van der Waals surface area contributed by atoms with Gasteiger partial charge in [0.2, 0.25) is 23.6 Å². The first-order valence-corrected chi connectivity index (χ1v) is 13.4. The van der Waals surface area contributed by atoms with Crippen LogP contribution in [0.5, 0.6) is 0 Å². The van der Waals surface area contributed by atoms with Crippen molar-refractivity contribution in [1.29, 1.82) is 0 Å². The molecular formula is C23H42N8O9S. The van der Waals surface area contributed by atoms with Crippen molar-refractivity contribution in [2.24, 2.45) is 28.1 Å². The van der Waals surface area contributed by atoms with Gasteiger partial charge in [0.05, 0.1) is 18.6 Å². The Hall–Kier alpha value is -3.64. The highest BCUT2D eigenvalue weighted by molar-refractivity contribution is 7.80. The Morgan fingerprint density at radius 3 is 1.83 bits per heavy atom. The van der Waals surface area contributed by atoms with Crippen molar-refractivity contribution >= 4 is 54.2 Å². The molecule has 18 heteroatoms. The van der Waals surface area contributed by atoms with E-state index in [0.717, 1.165) is 6.92 Å². The quantitative estimate of drug-likeness (QED) is 0.0292. The molecule has 0 spiro atoms. The molecule has 0 aliphatic carbocycles. The van der Waals surface area contributed by atoms with Crippen molar-refractivity contribution in [1.82, 2.24) is 21.3 Å². The topological polar surface area (TPSA) is 302 Å². The van der Waals surface area contributed by atoms with Gasteiger partial charge in [-0.1, -0.05) is 13.8 Å². The maximum Gasteiger partial charge on any atom is 0.326 e. The predicted octanol–water partition coefficient (Wildman–Crippen LogP) is -3.78. The molecule has 0 aromatic rings. The van der Waals surface area contributed by atoms with Gasteiger partial charge in [0.1, 0.15) is 24.2 Å². The largest absolute Gasteiger partial charge is 0.481 e. The van der Waals surface area contributed by atoms with Crippen LogP contribution in [-0.2, 0) is 28.8 Å². The molecule has 0 saturated carbocycles. The number of amides is 4. The van der Waals surface area contributed by atoms with Crippen LogP contribution in [0.1, 0.15) is 46.5 Å². The molecule has 0 bridgehead atoms. The van der Waals surface area contributed by atoms with E-state index < -0.39 is 78.3 Å². The van der Waals surface area contributed by atoms with Gasteiger partial charge in [-0.05, 0) is 32.1 Å². The molecule has 0 fully saturated rings. The van der Waals surface area contributed by atoms with E-state index in [-0.39, 0.29) is 43.4 Å². The first-order valence-electron chi connectivity index (χ1n) is 12.8. The monoisotopic (exact) mass is 606 g/mol. The highest BCUT2D eigenvalue weighted by Gasteiger charge is 2.34. The zero-order chi connectivity index (χ0) is 31.9. The molecule has 0 aliphatic heterocycles. The molecule has 13 N–H and O–H groups in total. The standard InChI is InChI=1S/C23H42N8O9S/c1-10(2)7-15(22(39)40)30-19(36)13(5-4-6-27-23(25)26)28-21(38)17(11(3)32)31-20(37)14(8-16(33)34)29-18(35)12(24)9-41/h10-15,17,32,41H,4-9,24H2,1-3H3,(H,28,38)(H,29,35)(H,30,36)(H,31,37)(H,33,34)(H,39,40)(H4,25,26,27)/t11-,12+,13+,14+,15+,17+/m1/s1. The molecule has 0 rings (SSSR count). The molecule has 41 heavy (non-hydrogen) atoms. The van der Waals surface area contributed by atoms with Gasteiger partial charge < -0.3 is 53.8 Å². The number of aliphatic hydroxyl groups is 1. The molecule has 0 aromatic carbocycles. The van der Waals surface area contributed by atoms with Crippen molar-refractivity contribution in [3.63, 3.8) is 0 Å². The van der Waals surface area contributed by atoms with E-state index in [2.05, 4.69) is 38.9 Å². The van der Waals surface area contributed by atoms with Crippen LogP contribution in [0.15, 0.2) is 4.99 Å². The molecule has 17 nitrogen and oxygen atoms in total. The lowest BCUT2D eigenvalue weighted by atomic mass is 10.0. The number of thiol groups is 1. The number of nitrogens with one attached hydrogen (secondary N) is 4. The van der Waals surface area contributed by atoms with Crippen LogP contribution in [0.4, 0.5) is 0 Å². The summed E-state index contributed by atoms with van der Waals surface area (Å²) in [5.74, 6) is -6.99. The van der Waals surface area contributed by atoms with Crippen LogP contribution in [0.2, 0.25) is 0 Å². The Balaban J connectivity index is 5.88. The Morgan fingerprint density at radius 1 is 0.829 bits per heavy atom. The highest BCUT2D eigenvalue weighted by atomic mass is 32.1. The fourth-order valence-electron chi connectivity index (χ4n) is 3.40. The number of aliphatic imine (C=N–C) groups is 1. The van der Waals surface area contributed by atoms with E-state index in [9.17, 15) is 39.0 Å². The maximum atomic E-state index is 13.1. The number of nitrogens with zero attached hydrogens (tertiary/aromatic N) is 1. The van der Waals surface area contributed by atoms with E-state index in [1.54, 1.807) is 13.8 Å². The molecule has 0 aromatic heterocycles. The van der Waals surface area contributed by atoms with Crippen molar-refractivity contribution in [3.8, 4) is 0 Å². The third-order valence-corrected chi connectivity index (χ3v) is 5.90. The highest BCUT2D eigenvalue weighted by Crippen LogP contribution is 2.08. The van der Waals surface area contributed by atoms with Crippen LogP contribution in [0.3, 0.4) is 0 Å². The van der Waals surface area contributed by atoms with Gasteiger partial charge in [-0.25, -0.2) is 4.79 Å². The third-order valence-electron chi connectivity index (χ3n) is 5.51. The number of guanidine groups is 1. The number of hydrogen-bond acceptors (Lipinski definition) is 10. The molecule has 6 atom stereocenters. The first kappa shape index (κ1) is 37.4. The van der Waals surface area contributed by atoms with Gasteiger partial charge in [0.25, 0.3) is 0 Å². The second-order valence-electron chi connectivity index (χ2n) is 9.71. The number of aliphatic carboxylic acids is 2. The summed E-state index contributed by atoms with van der Waals surface area (Å²) in [6, 6.07) is -7.09. The van der Waals surface area contributed by atoms with E-state index >= 15 is 0 Å². The van der Waals surface area contributed by atoms with Crippen LogP contribution in [0.25, 0.3) is 0 Å². The fourth-order valence-corrected chi connectivity index (χ4v) is 3.57. The fraction of sp³-hybridized carbons (Fsp3) is 0.696. The summed E-state index contributed by atoms with van der Waals surface area (Å²) in [7, 11) is 0. The molecule has 0 unspecified atom stereocenters. The molecule has 0 radical (unpaired) electrons. The number of rotatable bonds is 19. The number of carbonyl (C=O) groups is 6. The van der Waals surface area contributed by atoms with Crippen molar-refractivity contribution in [2.45, 2.75) is 82.8 Å². The van der Waals surface area contributed by atoms with Crippen LogP contribution in [0, 0.1) is 5.92 Å². The van der Waals surface area contributed by atoms with E-state index in [1.165, 1.54) is 0 Å². The predicted molar refractivity (Wildman–Crippen MR) is 150 cm³/mol. The van der Waals surface area contributed by atoms with Gasteiger partial charge in [-0.2, -0.15) is 12.6 Å². The van der Waals surface area contributed by atoms with E-state index in [4.69, 9.17) is 22.3 Å². The number of nitrogens with two attached hydrogens (primary N) is 3. The SMILES string of the molecule is CC(C)C[C@H](NC(=O)[C@H](CCCN=C(N)N)NC(=O)[C@@H](NC(=O)[C@H](CC(=O)O)NC(=O)[C@@H](N)CS)[C@@H](C)O)C(=O)O. The maximum absolute atomic E-state index is 13.1. The molecule has 4 amide bonds. The minimum Gasteiger partial charge on any atom is -0.481 e. The number of carboxylic acids is 2. The summed E-state index contributed by atoms with van der Waals surface area (Å²) in [5, 5.41) is 37.9. The number of hydrogen-bond donors (Lipinski definition) is 11. The van der Waals surface area contributed by atoms with Crippen molar-refractivity contribution < 1.29 is 44.1 Å². The number of aliphatic hydroxyl groups excluding tert-OH is 1. The zero-order valence-electron chi connectivity index (χ0n) is 23.2. The summed E-state index contributed by atoms with van der Waals surface area (Å²) in [4.78, 5) is 77.8. The zero-order valence-corrected chi connectivity index (χ0v) is 24.1. The number of carbonyl (C=O) groups excluding carboxylic acids is 4. The molecule has 234 valence electrons. The smallest absolute Gasteiger partial charge is 0.326 e. The second kappa shape index (κ2) is 18.7. The van der Waals surface area contributed by atoms with Crippen LogP contribution < -0.4 is 38.5 Å². The van der Waals surface area contributed by atoms with Gasteiger partial charge in [0, 0.05) is 12.3 Å². The summed E-state index contributed by atoms with van der Waals surface area (Å²) in [6.45, 7) is 4.76. The van der Waals surface area contributed by atoms with Crippen molar-refractivity contribution in [2.75, 3.05) is 12.3 Å². The van der Waals surface area contributed by atoms with Crippen LogP contribution >= 0.6 is 12.6 Å². The number of carboxylic acid groups (broad SMARTS) is 2. The Kier molecular flexibility index (Phi) is 17.0. The molecule has 0 saturated heterocycles. The van der Waals surface area contributed by atoms with Crippen molar-refractivity contribution in [3.05, 3.63) is 0 Å². The van der Waals surface area contributed by atoms with E-state index in [0.29, 0.717) is 0 Å². The summed E-state index contributed by atoms with van der Waals surface area (Å²) in [5.41, 5.74) is 16.1. The third kappa shape index (κ3) is 15.1. The lowest BCUT2D eigenvalue weighted by Gasteiger charge is -2.27. The Morgan fingerprint density at radius 2 is 1.37 bits per heavy atom. The Labute approximate surface area is 242 Å². The average molecular weight is 607 g/mol.